The molecule has 0 heterocycles. The minimum absolute atomic E-state index is 0.0438. The predicted octanol–water partition coefficient (Wildman–Crippen LogP) is 2.68. The lowest BCUT2D eigenvalue weighted by Gasteiger charge is -2.21. The van der Waals surface area contributed by atoms with Crippen molar-refractivity contribution in [2.24, 2.45) is 0 Å². The van der Waals surface area contributed by atoms with E-state index in [-0.39, 0.29) is 23.7 Å². The first-order valence-corrected chi connectivity index (χ1v) is 8.27. The number of rotatable bonds is 7. The average molecular weight is 355 g/mol. The third-order valence-electron chi connectivity index (χ3n) is 4.01. The zero-order valence-electron chi connectivity index (χ0n) is 14.8. The molecule has 2 aromatic rings. The van der Waals surface area contributed by atoms with Crippen LogP contribution in [0.3, 0.4) is 0 Å². The molecule has 0 aliphatic rings. The fourth-order valence-electron chi connectivity index (χ4n) is 2.55. The molecule has 136 valence electrons. The molecule has 0 unspecified atom stereocenters. The van der Waals surface area contributed by atoms with Gasteiger partial charge in [0.1, 0.15) is 0 Å². The molecule has 0 bridgehead atoms. The van der Waals surface area contributed by atoms with Gasteiger partial charge in [0.2, 0.25) is 5.91 Å². The Morgan fingerprint density at radius 1 is 1.15 bits per heavy atom. The number of hydrogen-bond donors (Lipinski definition) is 1. The van der Waals surface area contributed by atoms with Crippen molar-refractivity contribution in [1.82, 2.24) is 10.2 Å². The van der Waals surface area contributed by atoms with Crippen molar-refractivity contribution >= 4 is 17.5 Å². The minimum atomic E-state index is -0.497. The van der Waals surface area contributed by atoms with Crippen molar-refractivity contribution in [3.05, 3.63) is 75.3 Å². The van der Waals surface area contributed by atoms with E-state index in [9.17, 15) is 19.7 Å². The summed E-state index contributed by atoms with van der Waals surface area (Å²) in [5, 5.41) is 13.4. The van der Waals surface area contributed by atoms with Gasteiger partial charge < -0.3 is 10.2 Å². The summed E-state index contributed by atoms with van der Waals surface area (Å²) in [7, 11) is 0. The fourth-order valence-corrected chi connectivity index (χ4v) is 2.55. The zero-order chi connectivity index (χ0) is 19.1. The molecular formula is C19H21N3O4. The van der Waals surface area contributed by atoms with Gasteiger partial charge in [0, 0.05) is 30.3 Å². The van der Waals surface area contributed by atoms with Crippen LogP contribution in [0.25, 0.3) is 0 Å². The molecule has 2 aromatic carbocycles. The number of carbonyl (C=O) groups excluding carboxylic acids is 2. The SMILES string of the molecule is CCN(Cc1ccccc1)C(=O)CNC(=O)c1ccc([N+](=O)[O-])c(C)c1. The van der Waals surface area contributed by atoms with Gasteiger partial charge >= 0.3 is 0 Å². The summed E-state index contributed by atoms with van der Waals surface area (Å²) in [6.07, 6.45) is 0. The first-order valence-electron chi connectivity index (χ1n) is 8.27. The van der Waals surface area contributed by atoms with Crippen LogP contribution in [0, 0.1) is 17.0 Å². The van der Waals surface area contributed by atoms with Gasteiger partial charge in [0.15, 0.2) is 0 Å². The van der Waals surface area contributed by atoms with Gasteiger partial charge in [-0.3, -0.25) is 19.7 Å². The van der Waals surface area contributed by atoms with Crippen LogP contribution in [0.1, 0.15) is 28.4 Å². The number of amides is 2. The molecule has 2 rings (SSSR count). The van der Waals surface area contributed by atoms with E-state index in [1.807, 2.05) is 37.3 Å². The van der Waals surface area contributed by atoms with Crippen LogP contribution in [0.4, 0.5) is 5.69 Å². The van der Waals surface area contributed by atoms with E-state index in [4.69, 9.17) is 0 Å². The van der Waals surface area contributed by atoms with Crippen LogP contribution in [0.2, 0.25) is 0 Å². The van der Waals surface area contributed by atoms with Crippen molar-refractivity contribution in [1.29, 1.82) is 0 Å². The highest BCUT2D eigenvalue weighted by Gasteiger charge is 2.16. The number of nitrogens with zero attached hydrogens (tertiary/aromatic N) is 2. The number of aryl methyl sites for hydroxylation is 1. The van der Waals surface area contributed by atoms with Crippen molar-refractivity contribution in [3.8, 4) is 0 Å². The number of nitro benzene ring substituents is 1. The molecule has 0 aliphatic carbocycles. The molecule has 7 nitrogen and oxygen atoms in total. The molecule has 0 aromatic heterocycles. The van der Waals surface area contributed by atoms with E-state index in [0.717, 1.165) is 5.56 Å². The standard InChI is InChI=1S/C19H21N3O4/c1-3-21(13-15-7-5-4-6-8-15)18(23)12-20-19(24)16-9-10-17(22(25)26)14(2)11-16/h4-11H,3,12-13H2,1-2H3,(H,20,24). The fraction of sp³-hybridized carbons (Fsp3) is 0.263. The molecule has 0 spiro atoms. The third kappa shape index (κ3) is 4.89. The normalized spacial score (nSPS) is 10.2. The topological polar surface area (TPSA) is 92.6 Å². The van der Waals surface area contributed by atoms with Crippen molar-refractivity contribution in [2.75, 3.05) is 13.1 Å². The van der Waals surface area contributed by atoms with Crippen LogP contribution in [-0.4, -0.2) is 34.7 Å². The van der Waals surface area contributed by atoms with Gasteiger partial charge in [0.25, 0.3) is 11.6 Å². The Hall–Kier alpha value is -3.22. The summed E-state index contributed by atoms with van der Waals surface area (Å²) >= 11 is 0. The van der Waals surface area contributed by atoms with Crippen LogP contribution in [-0.2, 0) is 11.3 Å². The molecule has 0 atom stereocenters. The quantitative estimate of drug-likeness (QED) is 0.610. The molecule has 0 fully saturated rings. The first-order chi connectivity index (χ1) is 12.4. The maximum absolute atomic E-state index is 12.3. The maximum Gasteiger partial charge on any atom is 0.272 e. The summed E-state index contributed by atoms with van der Waals surface area (Å²) in [5.74, 6) is -0.629. The second kappa shape index (κ2) is 8.75. The number of nitro groups is 1. The summed E-state index contributed by atoms with van der Waals surface area (Å²) in [6.45, 7) is 4.32. The Morgan fingerprint density at radius 3 is 2.42 bits per heavy atom. The molecule has 1 N–H and O–H groups in total. The number of hydrogen-bond acceptors (Lipinski definition) is 4. The van der Waals surface area contributed by atoms with E-state index in [1.54, 1.807) is 11.8 Å². The number of benzene rings is 2. The Morgan fingerprint density at radius 2 is 1.85 bits per heavy atom. The lowest BCUT2D eigenvalue weighted by atomic mass is 10.1. The van der Waals surface area contributed by atoms with Gasteiger partial charge in [-0.2, -0.15) is 0 Å². The second-order valence-electron chi connectivity index (χ2n) is 5.83. The Bertz CT molecular complexity index is 806. The lowest BCUT2D eigenvalue weighted by molar-refractivity contribution is -0.385. The predicted molar refractivity (Wildman–Crippen MR) is 97.7 cm³/mol. The molecule has 0 saturated heterocycles. The third-order valence-corrected chi connectivity index (χ3v) is 4.01. The van der Waals surface area contributed by atoms with Crippen LogP contribution < -0.4 is 5.32 Å². The van der Waals surface area contributed by atoms with Crippen LogP contribution >= 0.6 is 0 Å². The van der Waals surface area contributed by atoms with Crippen molar-refractivity contribution < 1.29 is 14.5 Å². The van der Waals surface area contributed by atoms with E-state index >= 15 is 0 Å². The summed E-state index contributed by atoms with van der Waals surface area (Å²) in [4.78, 5) is 36.5. The number of carbonyl (C=O) groups is 2. The van der Waals surface area contributed by atoms with E-state index in [1.165, 1.54) is 18.2 Å². The van der Waals surface area contributed by atoms with E-state index in [0.29, 0.717) is 18.7 Å². The lowest BCUT2D eigenvalue weighted by Crippen LogP contribution is -2.39. The van der Waals surface area contributed by atoms with E-state index < -0.39 is 10.8 Å². The molecular weight excluding hydrogens is 334 g/mol. The molecule has 0 aliphatic heterocycles. The van der Waals surface area contributed by atoms with Gasteiger partial charge in [-0.05, 0) is 31.5 Å². The highest BCUT2D eigenvalue weighted by Crippen LogP contribution is 2.18. The average Bonchev–Trinajstić information content (AvgIpc) is 2.64. The van der Waals surface area contributed by atoms with Gasteiger partial charge in [-0.15, -0.1) is 0 Å². The number of likely N-dealkylation sites (N-methyl/N-ethyl adjacent to an activating group) is 1. The Labute approximate surface area is 151 Å². The van der Waals surface area contributed by atoms with Gasteiger partial charge in [0.05, 0.1) is 11.5 Å². The van der Waals surface area contributed by atoms with Crippen molar-refractivity contribution in [3.63, 3.8) is 0 Å². The molecule has 26 heavy (non-hydrogen) atoms. The molecule has 2 amide bonds. The van der Waals surface area contributed by atoms with Gasteiger partial charge in [-0.1, -0.05) is 30.3 Å². The maximum atomic E-state index is 12.3. The Kier molecular flexibility index (Phi) is 6.43. The minimum Gasteiger partial charge on any atom is -0.343 e. The highest BCUT2D eigenvalue weighted by atomic mass is 16.6. The van der Waals surface area contributed by atoms with Crippen LogP contribution in [0.15, 0.2) is 48.5 Å². The van der Waals surface area contributed by atoms with Crippen molar-refractivity contribution in [2.45, 2.75) is 20.4 Å². The summed E-state index contributed by atoms with van der Waals surface area (Å²) < 4.78 is 0. The molecule has 0 saturated carbocycles. The molecule has 0 radical (unpaired) electrons. The zero-order valence-corrected chi connectivity index (χ0v) is 14.8. The summed E-state index contributed by atoms with van der Waals surface area (Å²) in [5.41, 5.74) is 1.65. The molecule has 7 heteroatoms. The smallest absolute Gasteiger partial charge is 0.272 e. The second-order valence-corrected chi connectivity index (χ2v) is 5.83. The van der Waals surface area contributed by atoms with Gasteiger partial charge in [-0.25, -0.2) is 0 Å². The van der Waals surface area contributed by atoms with Crippen LogP contribution in [0.5, 0.6) is 0 Å². The number of nitrogens with one attached hydrogen (secondary N) is 1. The largest absolute Gasteiger partial charge is 0.343 e. The Balaban J connectivity index is 1.96. The monoisotopic (exact) mass is 355 g/mol. The van der Waals surface area contributed by atoms with E-state index in [2.05, 4.69) is 5.32 Å². The first kappa shape index (κ1) is 19.1. The summed E-state index contributed by atoms with van der Waals surface area (Å²) in [6, 6.07) is 13.7. The highest BCUT2D eigenvalue weighted by molar-refractivity contribution is 5.96.